The number of fused-ring (bicyclic) bond motifs is 1. The number of para-hydroxylation sites is 1. The Morgan fingerprint density at radius 2 is 1.91 bits per heavy atom. The van der Waals surface area contributed by atoms with E-state index in [9.17, 15) is 14.4 Å². The summed E-state index contributed by atoms with van der Waals surface area (Å²) in [5.74, 6) is -1.35. The van der Waals surface area contributed by atoms with Crippen LogP contribution in [0, 0.1) is 6.92 Å². The summed E-state index contributed by atoms with van der Waals surface area (Å²) in [7, 11) is 1.38. The quantitative estimate of drug-likeness (QED) is 0.837. The van der Waals surface area contributed by atoms with Crippen LogP contribution in [0.5, 0.6) is 0 Å². The van der Waals surface area contributed by atoms with Crippen LogP contribution in [0.4, 0.5) is 4.79 Å². The topological polar surface area (TPSA) is 97.4 Å². The fraction of sp³-hybridized carbons (Fsp3) is 0.250. The zero-order valence-electron chi connectivity index (χ0n) is 13.0. The molecule has 2 N–H and O–H groups in total. The van der Waals surface area contributed by atoms with E-state index < -0.39 is 24.0 Å². The van der Waals surface area contributed by atoms with Gasteiger partial charge in [-0.1, -0.05) is 18.2 Å². The summed E-state index contributed by atoms with van der Waals surface area (Å²) in [6, 6.07) is 8.10. The molecule has 0 fully saturated rings. The molecular formula is C16H17N3O4. The number of carbonyl (C=O) groups is 3. The molecule has 23 heavy (non-hydrogen) atoms. The van der Waals surface area contributed by atoms with Crippen LogP contribution >= 0.6 is 0 Å². The van der Waals surface area contributed by atoms with Crippen molar-refractivity contribution in [3.63, 3.8) is 0 Å². The third kappa shape index (κ3) is 3.82. The van der Waals surface area contributed by atoms with Crippen LogP contribution in [0.2, 0.25) is 0 Å². The molecular weight excluding hydrogens is 298 g/mol. The summed E-state index contributed by atoms with van der Waals surface area (Å²) >= 11 is 0. The van der Waals surface area contributed by atoms with Gasteiger partial charge in [-0.05, 0) is 26.0 Å². The van der Waals surface area contributed by atoms with Crippen LogP contribution in [0.1, 0.15) is 23.0 Å². The third-order valence-electron chi connectivity index (χ3n) is 3.18. The molecule has 7 heteroatoms. The van der Waals surface area contributed by atoms with Crippen molar-refractivity contribution >= 4 is 28.8 Å². The van der Waals surface area contributed by atoms with E-state index in [1.165, 1.54) is 14.0 Å². The molecule has 120 valence electrons. The Bertz CT molecular complexity index is 773. The second-order valence-electron chi connectivity index (χ2n) is 4.94. The molecule has 7 nitrogen and oxygen atoms in total. The summed E-state index contributed by atoms with van der Waals surface area (Å²) in [6.45, 7) is 3.16. The van der Waals surface area contributed by atoms with Gasteiger partial charge in [-0.2, -0.15) is 0 Å². The molecule has 1 aromatic carbocycles. The first-order valence-electron chi connectivity index (χ1n) is 7.02. The molecule has 0 aliphatic rings. The highest BCUT2D eigenvalue weighted by molar-refractivity contribution is 6.05. The highest BCUT2D eigenvalue weighted by atomic mass is 16.5. The number of esters is 1. The molecule has 0 saturated heterocycles. The van der Waals surface area contributed by atoms with Gasteiger partial charge in [0.05, 0.1) is 11.1 Å². The fourth-order valence-electron chi connectivity index (χ4n) is 2.03. The minimum Gasteiger partial charge on any atom is -0.449 e. The predicted molar refractivity (Wildman–Crippen MR) is 84.0 cm³/mol. The minimum atomic E-state index is -1.10. The maximum absolute atomic E-state index is 12.4. The smallest absolute Gasteiger partial charge is 0.339 e. The van der Waals surface area contributed by atoms with E-state index in [0.717, 1.165) is 0 Å². The summed E-state index contributed by atoms with van der Waals surface area (Å²) in [6.07, 6.45) is -1.10. The normalized spacial score (nSPS) is 11.6. The van der Waals surface area contributed by atoms with Gasteiger partial charge in [-0.3, -0.25) is 15.1 Å². The molecule has 3 amide bonds. The van der Waals surface area contributed by atoms with Gasteiger partial charge in [0.15, 0.2) is 6.10 Å². The number of hydrogen-bond acceptors (Lipinski definition) is 5. The molecule has 0 aliphatic heterocycles. The number of carbonyl (C=O) groups excluding carboxylic acids is 3. The first-order chi connectivity index (χ1) is 10.9. The van der Waals surface area contributed by atoms with E-state index in [4.69, 9.17) is 4.74 Å². The van der Waals surface area contributed by atoms with Crippen LogP contribution < -0.4 is 10.6 Å². The second-order valence-corrected chi connectivity index (χ2v) is 4.94. The van der Waals surface area contributed by atoms with Gasteiger partial charge < -0.3 is 10.1 Å². The van der Waals surface area contributed by atoms with E-state index in [1.54, 1.807) is 31.2 Å². The maximum Gasteiger partial charge on any atom is 0.339 e. The zero-order chi connectivity index (χ0) is 17.0. The van der Waals surface area contributed by atoms with Crippen LogP contribution in [0.15, 0.2) is 30.3 Å². The Balaban J connectivity index is 2.21. The van der Waals surface area contributed by atoms with E-state index >= 15 is 0 Å². The minimum absolute atomic E-state index is 0.327. The van der Waals surface area contributed by atoms with Crippen molar-refractivity contribution in [2.45, 2.75) is 20.0 Å². The number of urea groups is 1. The molecule has 1 atom stereocenters. The van der Waals surface area contributed by atoms with Gasteiger partial charge >= 0.3 is 12.0 Å². The average Bonchev–Trinajstić information content (AvgIpc) is 2.53. The van der Waals surface area contributed by atoms with Crippen molar-refractivity contribution in [1.29, 1.82) is 0 Å². The fourth-order valence-corrected chi connectivity index (χ4v) is 2.03. The third-order valence-corrected chi connectivity index (χ3v) is 3.18. The van der Waals surface area contributed by atoms with Gasteiger partial charge in [-0.25, -0.2) is 9.59 Å². The Morgan fingerprint density at radius 1 is 1.22 bits per heavy atom. The number of nitrogens with zero attached hydrogens (tertiary/aromatic N) is 1. The van der Waals surface area contributed by atoms with Gasteiger partial charge in [0.1, 0.15) is 0 Å². The van der Waals surface area contributed by atoms with Crippen LogP contribution in [0.25, 0.3) is 10.9 Å². The number of pyridine rings is 1. The van der Waals surface area contributed by atoms with Crippen molar-refractivity contribution in [2.24, 2.45) is 0 Å². The molecule has 1 aromatic heterocycles. The molecule has 2 rings (SSSR count). The molecule has 1 unspecified atom stereocenters. The zero-order valence-corrected chi connectivity index (χ0v) is 13.0. The first-order valence-corrected chi connectivity index (χ1v) is 7.02. The highest BCUT2D eigenvalue weighted by Gasteiger charge is 2.22. The van der Waals surface area contributed by atoms with Gasteiger partial charge in [-0.15, -0.1) is 0 Å². The SMILES string of the molecule is CNC(=O)NC(=O)C(C)OC(=O)c1cc(C)nc2ccccc12. The number of aryl methyl sites for hydroxylation is 1. The Kier molecular flexibility index (Phi) is 4.90. The van der Waals surface area contributed by atoms with Gasteiger partial charge in [0.2, 0.25) is 0 Å². The first kappa shape index (κ1) is 16.4. The molecule has 2 aromatic rings. The van der Waals surface area contributed by atoms with Gasteiger partial charge in [0.25, 0.3) is 5.91 Å². The maximum atomic E-state index is 12.4. The van der Waals surface area contributed by atoms with E-state index in [1.807, 2.05) is 6.07 Å². The molecule has 0 saturated carbocycles. The Morgan fingerprint density at radius 3 is 2.61 bits per heavy atom. The molecule has 0 radical (unpaired) electrons. The molecule has 0 aliphatic carbocycles. The lowest BCUT2D eigenvalue weighted by molar-refractivity contribution is -0.127. The lowest BCUT2D eigenvalue weighted by Crippen LogP contribution is -2.43. The van der Waals surface area contributed by atoms with E-state index in [2.05, 4.69) is 15.6 Å². The van der Waals surface area contributed by atoms with Crippen molar-refractivity contribution in [3.8, 4) is 0 Å². The Labute approximate surface area is 133 Å². The molecule has 0 spiro atoms. The highest BCUT2D eigenvalue weighted by Crippen LogP contribution is 2.19. The predicted octanol–water partition coefficient (Wildman–Crippen LogP) is 1.54. The molecule has 0 bridgehead atoms. The van der Waals surface area contributed by atoms with Crippen LogP contribution in [0.3, 0.4) is 0 Å². The standard InChI is InChI=1S/C16H17N3O4/c1-9-8-12(11-6-4-5-7-13(11)18-9)15(21)23-10(2)14(20)19-16(22)17-3/h4-8,10H,1-3H3,(H2,17,19,20,22). The van der Waals surface area contributed by atoms with Crippen molar-refractivity contribution in [1.82, 2.24) is 15.6 Å². The summed E-state index contributed by atoms with van der Waals surface area (Å²) in [4.78, 5) is 39.6. The lowest BCUT2D eigenvalue weighted by Gasteiger charge is -2.14. The number of imide groups is 1. The molecule has 1 heterocycles. The largest absolute Gasteiger partial charge is 0.449 e. The van der Waals surface area contributed by atoms with E-state index in [0.29, 0.717) is 22.2 Å². The lowest BCUT2D eigenvalue weighted by atomic mass is 10.1. The number of hydrogen-bond donors (Lipinski definition) is 2. The van der Waals surface area contributed by atoms with Crippen molar-refractivity contribution in [2.75, 3.05) is 7.05 Å². The van der Waals surface area contributed by atoms with Crippen LogP contribution in [-0.2, 0) is 9.53 Å². The Hall–Kier alpha value is -2.96. The monoisotopic (exact) mass is 315 g/mol. The van der Waals surface area contributed by atoms with E-state index in [-0.39, 0.29) is 0 Å². The van der Waals surface area contributed by atoms with Crippen molar-refractivity contribution < 1.29 is 19.1 Å². The number of rotatable bonds is 3. The van der Waals surface area contributed by atoms with Crippen molar-refractivity contribution in [3.05, 3.63) is 41.6 Å². The summed E-state index contributed by atoms with van der Waals surface area (Å²) in [5.41, 5.74) is 1.66. The van der Waals surface area contributed by atoms with Gasteiger partial charge in [0, 0.05) is 18.1 Å². The number of ether oxygens (including phenoxy) is 1. The number of aromatic nitrogens is 1. The number of benzene rings is 1. The summed E-state index contributed by atoms with van der Waals surface area (Å²) < 4.78 is 5.15. The number of amides is 3. The second kappa shape index (κ2) is 6.87. The van der Waals surface area contributed by atoms with Crippen LogP contribution in [-0.4, -0.2) is 36.0 Å². The number of nitrogens with one attached hydrogen (secondary N) is 2. The average molecular weight is 315 g/mol. The summed E-state index contributed by atoms with van der Waals surface area (Å²) in [5, 5.41) is 4.94.